The summed E-state index contributed by atoms with van der Waals surface area (Å²) in [6.45, 7) is 1.72. The number of carboxylic acids is 1. The number of hydrogen-bond donors (Lipinski definition) is 1. The zero-order valence-corrected chi connectivity index (χ0v) is 8.74. The first-order chi connectivity index (χ1) is 7.16. The predicted molar refractivity (Wildman–Crippen MR) is 55.4 cm³/mol. The standard InChI is InChI=1S/C9H10ClN3O2/c10-7-5-6(8(14)15)11-9(12-7)13-3-1-2-4-13/h5H,1-4H2,(H,14,15). The lowest BCUT2D eigenvalue weighted by Gasteiger charge is -2.14. The Morgan fingerprint density at radius 2 is 2.07 bits per heavy atom. The minimum absolute atomic E-state index is 0.0584. The maximum absolute atomic E-state index is 10.8. The van der Waals surface area contributed by atoms with E-state index in [1.807, 2.05) is 4.90 Å². The quantitative estimate of drug-likeness (QED) is 0.775. The van der Waals surface area contributed by atoms with Crippen LogP contribution in [0.25, 0.3) is 0 Å². The molecule has 1 aromatic heterocycles. The van der Waals surface area contributed by atoms with Gasteiger partial charge in [-0.3, -0.25) is 0 Å². The van der Waals surface area contributed by atoms with Gasteiger partial charge in [-0.15, -0.1) is 0 Å². The monoisotopic (exact) mass is 227 g/mol. The van der Waals surface area contributed by atoms with Crippen molar-refractivity contribution in [1.82, 2.24) is 9.97 Å². The van der Waals surface area contributed by atoms with Crippen molar-refractivity contribution in [2.45, 2.75) is 12.8 Å². The second kappa shape index (κ2) is 4.02. The van der Waals surface area contributed by atoms with Crippen LogP contribution in [-0.4, -0.2) is 34.1 Å². The second-order valence-corrected chi connectivity index (χ2v) is 3.76. The van der Waals surface area contributed by atoms with Gasteiger partial charge in [0.15, 0.2) is 5.69 Å². The molecule has 15 heavy (non-hydrogen) atoms. The van der Waals surface area contributed by atoms with E-state index >= 15 is 0 Å². The second-order valence-electron chi connectivity index (χ2n) is 3.38. The third kappa shape index (κ3) is 2.18. The molecule has 1 aliphatic rings. The smallest absolute Gasteiger partial charge is 0.354 e. The minimum Gasteiger partial charge on any atom is -0.477 e. The third-order valence-corrected chi connectivity index (χ3v) is 2.48. The van der Waals surface area contributed by atoms with E-state index in [9.17, 15) is 4.79 Å². The molecule has 5 nitrogen and oxygen atoms in total. The fourth-order valence-corrected chi connectivity index (χ4v) is 1.75. The highest BCUT2D eigenvalue weighted by Gasteiger charge is 2.17. The van der Waals surface area contributed by atoms with Crippen LogP contribution >= 0.6 is 11.6 Å². The number of halogens is 1. The molecule has 2 heterocycles. The normalized spacial score (nSPS) is 15.7. The molecule has 0 saturated carbocycles. The van der Waals surface area contributed by atoms with E-state index in [0.717, 1.165) is 25.9 Å². The summed E-state index contributed by atoms with van der Waals surface area (Å²) in [5, 5.41) is 8.98. The average Bonchev–Trinajstić information content (AvgIpc) is 2.69. The fourth-order valence-electron chi connectivity index (χ4n) is 1.57. The van der Waals surface area contributed by atoms with Gasteiger partial charge >= 0.3 is 5.97 Å². The molecule has 0 bridgehead atoms. The summed E-state index contributed by atoms with van der Waals surface area (Å²) in [7, 11) is 0. The Morgan fingerprint density at radius 1 is 1.40 bits per heavy atom. The van der Waals surface area contributed by atoms with E-state index in [1.54, 1.807) is 0 Å². The Labute approximate surface area is 91.7 Å². The van der Waals surface area contributed by atoms with Gasteiger partial charge in [0.25, 0.3) is 0 Å². The van der Waals surface area contributed by atoms with Crippen molar-refractivity contribution in [3.63, 3.8) is 0 Å². The zero-order valence-electron chi connectivity index (χ0n) is 7.98. The number of aromatic carboxylic acids is 1. The SMILES string of the molecule is O=C(O)c1cc(Cl)nc(N2CCCC2)n1. The molecule has 0 atom stereocenters. The number of rotatable bonds is 2. The number of hydrogen-bond acceptors (Lipinski definition) is 4. The molecule has 80 valence electrons. The fraction of sp³-hybridized carbons (Fsp3) is 0.444. The summed E-state index contributed by atoms with van der Waals surface area (Å²) in [4.78, 5) is 20.7. The van der Waals surface area contributed by atoms with Crippen LogP contribution < -0.4 is 4.90 Å². The topological polar surface area (TPSA) is 66.3 Å². The Morgan fingerprint density at radius 3 is 2.67 bits per heavy atom. The van der Waals surface area contributed by atoms with Crippen LogP contribution in [0.3, 0.4) is 0 Å². The summed E-state index contributed by atoms with van der Waals surface area (Å²) in [5.41, 5.74) is -0.0584. The summed E-state index contributed by atoms with van der Waals surface area (Å²) in [5.74, 6) is -0.669. The van der Waals surface area contributed by atoms with Crippen LogP contribution in [0, 0.1) is 0 Å². The van der Waals surface area contributed by atoms with Crippen LogP contribution in [0.4, 0.5) is 5.95 Å². The number of nitrogens with zero attached hydrogens (tertiary/aromatic N) is 3. The predicted octanol–water partition coefficient (Wildman–Crippen LogP) is 1.43. The molecule has 0 aliphatic carbocycles. The van der Waals surface area contributed by atoms with Gasteiger partial charge < -0.3 is 10.0 Å². The lowest BCUT2D eigenvalue weighted by Crippen LogP contribution is -2.21. The zero-order chi connectivity index (χ0) is 10.8. The highest BCUT2D eigenvalue weighted by atomic mass is 35.5. The number of aromatic nitrogens is 2. The van der Waals surface area contributed by atoms with Crippen molar-refractivity contribution in [3.8, 4) is 0 Å². The maximum Gasteiger partial charge on any atom is 0.354 e. The van der Waals surface area contributed by atoms with Crippen LogP contribution in [0.5, 0.6) is 0 Å². The molecule has 6 heteroatoms. The lowest BCUT2D eigenvalue weighted by atomic mass is 10.4. The summed E-state index contributed by atoms with van der Waals surface area (Å²) in [6, 6.07) is 1.25. The molecule has 0 radical (unpaired) electrons. The van der Waals surface area contributed by atoms with Gasteiger partial charge in [0, 0.05) is 19.2 Å². The molecule has 0 amide bonds. The summed E-state index contributed by atoms with van der Waals surface area (Å²) in [6.07, 6.45) is 2.16. The van der Waals surface area contributed by atoms with Crippen molar-refractivity contribution in [1.29, 1.82) is 0 Å². The highest BCUT2D eigenvalue weighted by Crippen LogP contribution is 2.18. The molecule has 1 aliphatic heterocycles. The average molecular weight is 228 g/mol. The molecular formula is C9H10ClN3O2. The van der Waals surface area contributed by atoms with Gasteiger partial charge in [0.05, 0.1) is 0 Å². The first-order valence-electron chi connectivity index (χ1n) is 4.69. The lowest BCUT2D eigenvalue weighted by molar-refractivity contribution is 0.0690. The third-order valence-electron chi connectivity index (χ3n) is 2.29. The van der Waals surface area contributed by atoms with Gasteiger partial charge in [-0.05, 0) is 12.8 Å². The van der Waals surface area contributed by atoms with Crippen LogP contribution in [0.1, 0.15) is 23.3 Å². The van der Waals surface area contributed by atoms with E-state index in [4.69, 9.17) is 16.7 Å². The molecule has 2 rings (SSSR count). The summed E-state index contributed by atoms with van der Waals surface area (Å²) < 4.78 is 0. The number of carbonyl (C=O) groups is 1. The number of carboxylic acid groups (broad SMARTS) is 1. The molecule has 1 aromatic rings. The van der Waals surface area contributed by atoms with E-state index in [2.05, 4.69) is 9.97 Å². The van der Waals surface area contributed by atoms with Crippen molar-refractivity contribution in [2.24, 2.45) is 0 Å². The molecule has 0 unspecified atom stereocenters. The van der Waals surface area contributed by atoms with Crippen LogP contribution in [-0.2, 0) is 0 Å². The van der Waals surface area contributed by atoms with E-state index in [0.29, 0.717) is 5.95 Å². The van der Waals surface area contributed by atoms with Crippen molar-refractivity contribution in [2.75, 3.05) is 18.0 Å². The molecule has 1 saturated heterocycles. The van der Waals surface area contributed by atoms with Crippen LogP contribution in [0.2, 0.25) is 5.15 Å². The van der Waals surface area contributed by atoms with Crippen LogP contribution in [0.15, 0.2) is 6.07 Å². The Balaban J connectivity index is 2.34. The maximum atomic E-state index is 10.8. The number of anilines is 1. The largest absolute Gasteiger partial charge is 0.477 e. The minimum atomic E-state index is -1.08. The Kier molecular flexibility index (Phi) is 2.73. The molecule has 1 fully saturated rings. The van der Waals surface area contributed by atoms with Crippen molar-refractivity contribution in [3.05, 3.63) is 16.9 Å². The van der Waals surface area contributed by atoms with Crippen molar-refractivity contribution >= 4 is 23.5 Å². The Hall–Kier alpha value is -1.36. The molecule has 1 N–H and O–H groups in total. The summed E-state index contributed by atoms with van der Waals surface area (Å²) >= 11 is 5.73. The van der Waals surface area contributed by atoms with E-state index in [-0.39, 0.29) is 10.8 Å². The van der Waals surface area contributed by atoms with E-state index in [1.165, 1.54) is 6.07 Å². The van der Waals surface area contributed by atoms with Gasteiger partial charge in [0.2, 0.25) is 5.95 Å². The molecule has 0 aromatic carbocycles. The highest BCUT2D eigenvalue weighted by molar-refractivity contribution is 6.29. The Bertz CT molecular complexity index is 391. The van der Waals surface area contributed by atoms with E-state index < -0.39 is 5.97 Å². The molecule has 0 spiro atoms. The van der Waals surface area contributed by atoms with Crippen molar-refractivity contribution < 1.29 is 9.90 Å². The van der Waals surface area contributed by atoms with Gasteiger partial charge in [0.1, 0.15) is 5.15 Å². The first kappa shape index (κ1) is 10.2. The van der Waals surface area contributed by atoms with Gasteiger partial charge in [-0.1, -0.05) is 11.6 Å². The van der Waals surface area contributed by atoms with Gasteiger partial charge in [-0.25, -0.2) is 14.8 Å². The van der Waals surface area contributed by atoms with Gasteiger partial charge in [-0.2, -0.15) is 0 Å². The molecular weight excluding hydrogens is 218 g/mol. The first-order valence-corrected chi connectivity index (χ1v) is 5.07.